The van der Waals surface area contributed by atoms with Crippen molar-refractivity contribution in [2.45, 2.75) is 0 Å². The van der Waals surface area contributed by atoms with Gasteiger partial charge in [0, 0.05) is 12.4 Å². The third kappa shape index (κ3) is 4.68. The average Bonchev–Trinajstić information content (AvgIpc) is 2.17. The number of nitrogens with two attached hydrogens (primary N) is 1. The fraction of sp³-hybridized carbons (Fsp3) is 0. The fourth-order valence-electron chi connectivity index (χ4n) is 0.215. The van der Waals surface area contributed by atoms with Crippen molar-refractivity contribution >= 4 is 6.34 Å². The largest absolute Gasteiger partial charge is 0.390 e. The summed E-state index contributed by atoms with van der Waals surface area (Å²) in [5.41, 5.74) is 4.39. The highest BCUT2D eigenvalue weighted by atomic mass is 14.8. The number of hydrogen-bond acceptors (Lipinski definition) is 2. The molecule has 0 radical (unpaired) electrons. The Balaban J connectivity index is 0.000000145. The summed E-state index contributed by atoms with van der Waals surface area (Å²) in [5, 5.41) is 5.86. The Morgan fingerprint density at radius 2 is 2.38 bits per heavy atom. The molecule has 1 rings (SSSR count). The summed E-state index contributed by atoms with van der Waals surface area (Å²) >= 11 is 0. The predicted molar refractivity (Wildman–Crippen MR) is 31.6 cm³/mol. The van der Waals surface area contributed by atoms with Crippen molar-refractivity contribution in [3.63, 3.8) is 0 Å². The van der Waals surface area contributed by atoms with Crippen molar-refractivity contribution in [3.05, 3.63) is 18.7 Å². The van der Waals surface area contributed by atoms with E-state index >= 15 is 0 Å². The van der Waals surface area contributed by atoms with E-state index in [1.807, 2.05) is 0 Å². The van der Waals surface area contributed by atoms with Gasteiger partial charge in [-0.2, -0.15) is 0 Å². The lowest BCUT2D eigenvalue weighted by Gasteiger charge is -1.46. The van der Waals surface area contributed by atoms with Crippen LogP contribution in [0, 0.1) is 5.41 Å². The number of nitrogens with zero attached hydrogens (tertiary/aromatic N) is 1. The SMILES string of the molecule is N=CN.c1c[nH]cn1. The summed E-state index contributed by atoms with van der Waals surface area (Å²) in [6, 6.07) is 0. The van der Waals surface area contributed by atoms with Crippen LogP contribution in [0.3, 0.4) is 0 Å². The van der Waals surface area contributed by atoms with Crippen molar-refractivity contribution in [3.8, 4) is 0 Å². The number of nitrogens with one attached hydrogen (secondary N) is 2. The maximum Gasteiger partial charge on any atom is 0.0919 e. The van der Waals surface area contributed by atoms with Gasteiger partial charge in [0.1, 0.15) is 0 Å². The van der Waals surface area contributed by atoms with Gasteiger partial charge in [0.15, 0.2) is 0 Å². The van der Waals surface area contributed by atoms with E-state index in [0.717, 1.165) is 6.34 Å². The molecule has 0 fully saturated rings. The van der Waals surface area contributed by atoms with Crippen LogP contribution >= 0.6 is 0 Å². The van der Waals surface area contributed by atoms with Gasteiger partial charge in [-0.25, -0.2) is 4.98 Å². The maximum atomic E-state index is 5.86. The standard InChI is InChI=1S/C3H4N2.CH4N2/c1-2-5-3-4-1;2-1-3/h1-3H,(H,4,5);1H,(H3,2,3). The molecule has 0 aromatic carbocycles. The molecule has 4 nitrogen and oxygen atoms in total. The molecular formula is C4H8N4. The lowest BCUT2D eigenvalue weighted by molar-refractivity contribution is 1.31. The van der Waals surface area contributed by atoms with Crippen LogP contribution in [0.4, 0.5) is 0 Å². The van der Waals surface area contributed by atoms with E-state index in [2.05, 4.69) is 15.7 Å². The van der Waals surface area contributed by atoms with E-state index < -0.39 is 0 Å². The second-order valence-electron chi connectivity index (χ2n) is 0.927. The molecule has 1 heterocycles. The Bertz CT molecular complexity index is 94.4. The van der Waals surface area contributed by atoms with Crippen molar-refractivity contribution in [1.29, 1.82) is 5.41 Å². The molecule has 0 aliphatic rings. The van der Waals surface area contributed by atoms with Crippen LogP contribution in [-0.2, 0) is 0 Å². The Morgan fingerprint density at radius 1 is 1.75 bits per heavy atom. The molecule has 0 bridgehead atoms. The molecule has 4 N–H and O–H groups in total. The Kier molecular flexibility index (Phi) is 4.74. The van der Waals surface area contributed by atoms with Crippen molar-refractivity contribution in [2.75, 3.05) is 0 Å². The van der Waals surface area contributed by atoms with Crippen LogP contribution in [0.1, 0.15) is 0 Å². The van der Waals surface area contributed by atoms with Crippen LogP contribution in [0.2, 0.25) is 0 Å². The quantitative estimate of drug-likeness (QED) is 0.325. The minimum atomic E-state index is 0.750. The first-order chi connectivity index (χ1) is 3.91. The van der Waals surface area contributed by atoms with Crippen LogP contribution in [0.25, 0.3) is 0 Å². The minimum Gasteiger partial charge on any atom is -0.390 e. The molecule has 0 spiro atoms. The molecule has 0 saturated carbocycles. The van der Waals surface area contributed by atoms with E-state index in [0.29, 0.717) is 0 Å². The van der Waals surface area contributed by atoms with Crippen LogP contribution < -0.4 is 5.73 Å². The fourth-order valence-corrected chi connectivity index (χ4v) is 0.215. The Labute approximate surface area is 47.3 Å². The summed E-state index contributed by atoms with van der Waals surface area (Å²) in [6.45, 7) is 0. The second kappa shape index (κ2) is 5.68. The smallest absolute Gasteiger partial charge is 0.0919 e. The molecule has 0 saturated heterocycles. The molecule has 0 atom stereocenters. The molecule has 0 amide bonds. The van der Waals surface area contributed by atoms with Gasteiger partial charge in [0.05, 0.1) is 12.7 Å². The highest BCUT2D eigenvalue weighted by molar-refractivity contribution is 5.46. The Morgan fingerprint density at radius 3 is 2.50 bits per heavy atom. The van der Waals surface area contributed by atoms with Crippen molar-refractivity contribution in [1.82, 2.24) is 9.97 Å². The topological polar surface area (TPSA) is 78.5 Å². The van der Waals surface area contributed by atoms with Crippen molar-refractivity contribution < 1.29 is 0 Å². The van der Waals surface area contributed by atoms with Gasteiger partial charge in [-0.05, 0) is 0 Å². The monoisotopic (exact) mass is 112 g/mol. The van der Waals surface area contributed by atoms with Gasteiger partial charge in [-0.3, -0.25) is 5.41 Å². The van der Waals surface area contributed by atoms with E-state index in [1.165, 1.54) is 0 Å². The summed E-state index contributed by atoms with van der Waals surface area (Å²) in [7, 11) is 0. The summed E-state index contributed by atoms with van der Waals surface area (Å²) in [6.07, 6.45) is 5.83. The predicted octanol–water partition coefficient (Wildman–Crippen LogP) is -0.0381. The third-order valence-corrected chi connectivity index (χ3v) is 0.406. The normalized spacial score (nSPS) is 6.50. The zero-order valence-electron chi connectivity index (χ0n) is 4.33. The zero-order chi connectivity index (χ0) is 6.24. The zero-order valence-corrected chi connectivity index (χ0v) is 4.33. The molecule has 1 aromatic heterocycles. The molecule has 1 aromatic rings. The number of aromatic nitrogens is 2. The van der Waals surface area contributed by atoms with Crippen LogP contribution in [0.15, 0.2) is 18.7 Å². The van der Waals surface area contributed by atoms with Gasteiger partial charge in [0.2, 0.25) is 0 Å². The molecule has 0 unspecified atom stereocenters. The summed E-state index contributed by atoms with van der Waals surface area (Å²) in [5.74, 6) is 0. The number of hydrogen-bond donors (Lipinski definition) is 3. The van der Waals surface area contributed by atoms with Gasteiger partial charge in [0.25, 0.3) is 0 Å². The third-order valence-electron chi connectivity index (χ3n) is 0.406. The number of imidazole rings is 1. The first kappa shape index (κ1) is 6.68. The van der Waals surface area contributed by atoms with Crippen molar-refractivity contribution in [2.24, 2.45) is 5.73 Å². The van der Waals surface area contributed by atoms with E-state index in [9.17, 15) is 0 Å². The molecule has 4 heteroatoms. The first-order valence-corrected chi connectivity index (χ1v) is 2.05. The van der Waals surface area contributed by atoms with Crippen LogP contribution in [0.5, 0.6) is 0 Å². The second-order valence-corrected chi connectivity index (χ2v) is 0.927. The number of aromatic amines is 1. The summed E-state index contributed by atoms with van der Waals surface area (Å²) < 4.78 is 0. The van der Waals surface area contributed by atoms with Gasteiger partial charge in [-0.15, -0.1) is 0 Å². The lowest BCUT2D eigenvalue weighted by atomic mass is 11.0. The maximum absolute atomic E-state index is 5.86. The Hall–Kier alpha value is -1.32. The molecule has 44 valence electrons. The van der Waals surface area contributed by atoms with E-state index in [4.69, 9.17) is 5.41 Å². The van der Waals surface area contributed by atoms with Gasteiger partial charge >= 0.3 is 0 Å². The number of rotatable bonds is 0. The molecule has 0 aliphatic carbocycles. The average molecular weight is 112 g/mol. The van der Waals surface area contributed by atoms with E-state index in [1.54, 1.807) is 18.7 Å². The van der Waals surface area contributed by atoms with E-state index in [-0.39, 0.29) is 0 Å². The lowest BCUT2D eigenvalue weighted by Crippen LogP contribution is -1.81. The minimum absolute atomic E-state index is 0.750. The first-order valence-electron chi connectivity index (χ1n) is 2.05. The number of H-pyrrole nitrogens is 1. The molecular weight excluding hydrogens is 104 g/mol. The highest BCUT2D eigenvalue weighted by Gasteiger charge is 1.56. The summed E-state index contributed by atoms with van der Waals surface area (Å²) in [4.78, 5) is 6.42. The van der Waals surface area contributed by atoms with Crippen LogP contribution in [-0.4, -0.2) is 16.3 Å². The highest BCUT2D eigenvalue weighted by Crippen LogP contribution is 1.62. The van der Waals surface area contributed by atoms with Gasteiger partial charge in [-0.1, -0.05) is 0 Å². The van der Waals surface area contributed by atoms with Gasteiger partial charge < -0.3 is 10.7 Å². The molecule has 0 aliphatic heterocycles. The molecule has 8 heavy (non-hydrogen) atoms.